The highest BCUT2D eigenvalue weighted by atomic mass is 35.5. The fourth-order valence-corrected chi connectivity index (χ4v) is 5.60. The molecule has 0 radical (unpaired) electrons. The minimum Gasteiger partial charge on any atom is -0.368 e. The first-order valence-electron chi connectivity index (χ1n) is 12.1. The Bertz CT molecular complexity index is 755. The van der Waals surface area contributed by atoms with Crippen LogP contribution in [-0.4, -0.2) is 92.7 Å². The molecule has 32 heavy (non-hydrogen) atoms. The lowest BCUT2D eigenvalue weighted by Gasteiger charge is -2.38. The number of nitrogens with one attached hydrogen (secondary N) is 1. The predicted molar refractivity (Wildman–Crippen MR) is 133 cm³/mol. The number of anilines is 1. The Morgan fingerprint density at radius 3 is 2.34 bits per heavy atom. The SMILES string of the molecule is CN1CCN(C(=O)N[C@H]2CC[C@H](CCN3CCN(c4cccc(Cl)c4Cl)CC3)CC2)CC1. The van der Waals surface area contributed by atoms with E-state index in [2.05, 4.69) is 33.1 Å². The van der Waals surface area contributed by atoms with Crippen LogP contribution in [0.2, 0.25) is 10.0 Å². The number of piperazine rings is 2. The lowest BCUT2D eigenvalue weighted by atomic mass is 9.84. The van der Waals surface area contributed by atoms with Crippen molar-refractivity contribution < 1.29 is 4.79 Å². The van der Waals surface area contributed by atoms with Crippen LogP contribution in [0.1, 0.15) is 32.1 Å². The summed E-state index contributed by atoms with van der Waals surface area (Å²) in [6.07, 6.45) is 5.95. The van der Waals surface area contributed by atoms with Crippen LogP contribution in [0.3, 0.4) is 0 Å². The van der Waals surface area contributed by atoms with Crippen molar-refractivity contribution in [2.75, 3.05) is 70.9 Å². The molecule has 2 heterocycles. The number of hydrogen-bond donors (Lipinski definition) is 1. The third-order valence-electron chi connectivity index (χ3n) is 7.46. The number of halogens is 2. The van der Waals surface area contributed by atoms with E-state index in [1.165, 1.54) is 25.8 Å². The van der Waals surface area contributed by atoms with Crippen LogP contribution in [0.25, 0.3) is 0 Å². The number of benzene rings is 1. The monoisotopic (exact) mass is 481 g/mol. The molecule has 2 saturated heterocycles. The van der Waals surface area contributed by atoms with Gasteiger partial charge in [-0.25, -0.2) is 4.79 Å². The molecule has 0 unspecified atom stereocenters. The molecule has 2 amide bonds. The zero-order chi connectivity index (χ0) is 22.5. The van der Waals surface area contributed by atoms with Crippen molar-refractivity contribution in [3.8, 4) is 0 Å². The highest BCUT2D eigenvalue weighted by Gasteiger charge is 2.26. The summed E-state index contributed by atoms with van der Waals surface area (Å²) in [7, 11) is 2.12. The zero-order valence-corrected chi connectivity index (χ0v) is 20.8. The molecular weight excluding hydrogens is 445 g/mol. The largest absolute Gasteiger partial charge is 0.368 e. The zero-order valence-electron chi connectivity index (χ0n) is 19.2. The van der Waals surface area contributed by atoms with Crippen LogP contribution >= 0.6 is 23.2 Å². The normalized spacial score (nSPS) is 25.7. The average molecular weight is 483 g/mol. The van der Waals surface area contributed by atoms with Gasteiger partial charge in [0.2, 0.25) is 0 Å². The number of carbonyl (C=O) groups is 1. The summed E-state index contributed by atoms with van der Waals surface area (Å²) in [4.78, 5) is 21.7. The molecular formula is C24H37Cl2N5O. The molecule has 1 aromatic carbocycles. The predicted octanol–water partition coefficient (Wildman–Crippen LogP) is 4.02. The van der Waals surface area contributed by atoms with Gasteiger partial charge in [-0.1, -0.05) is 29.3 Å². The second-order valence-electron chi connectivity index (χ2n) is 9.65. The Balaban J connectivity index is 1.12. The molecule has 1 saturated carbocycles. The fourth-order valence-electron chi connectivity index (χ4n) is 5.19. The molecule has 4 rings (SSSR count). The van der Waals surface area contributed by atoms with Gasteiger partial charge in [0.05, 0.1) is 15.7 Å². The summed E-state index contributed by atoms with van der Waals surface area (Å²) in [6, 6.07) is 6.37. The van der Waals surface area contributed by atoms with E-state index in [1.54, 1.807) is 0 Å². The van der Waals surface area contributed by atoms with E-state index in [0.717, 1.165) is 76.8 Å². The molecule has 1 aliphatic carbocycles. The number of carbonyl (C=O) groups excluding carboxylic acids is 1. The summed E-state index contributed by atoms with van der Waals surface area (Å²) in [5, 5.41) is 4.58. The fraction of sp³-hybridized carbons (Fsp3) is 0.708. The number of hydrogen-bond acceptors (Lipinski definition) is 4. The van der Waals surface area contributed by atoms with Crippen molar-refractivity contribution in [3.05, 3.63) is 28.2 Å². The summed E-state index contributed by atoms with van der Waals surface area (Å²) in [5.74, 6) is 0.784. The van der Waals surface area contributed by atoms with E-state index in [-0.39, 0.29) is 6.03 Å². The molecule has 3 fully saturated rings. The lowest BCUT2D eigenvalue weighted by molar-refractivity contribution is 0.147. The van der Waals surface area contributed by atoms with Crippen molar-refractivity contribution in [2.24, 2.45) is 5.92 Å². The van der Waals surface area contributed by atoms with E-state index in [9.17, 15) is 4.79 Å². The van der Waals surface area contributed by atoms with E-state index >= 15 is 0 Å². The second-order valence-corrected chi connectivity index (χ2v) is 10.4. The first kappa shape index (κ1) is 23.9. The molecule has 1 N–H and O–H groups in total. The van der Waals surface area contributed by atoms with Gasteiger partial charge in [0.15, 0.2) is 0 Å². The number of amides is 2. The lowest BCUT2D eigenvalue weighted by Crippen LogP contribution is -2.53. The maximum absolute atomic E-state index is 12.5. The molecule has 6 nitrogen and oxygen atoms in total. The van der Waals surface area contributed by atoms with Crippen LogP contribution < -0.4 is 10.2 Å². The molecule has 3 aliphatic rings. The van der Waals surface area contributed by atoms with Gasteiger partial charge in [0, 0.05) is 58.4 Å². The Morgan fingerprint density at radius 2 is 1.66 bits per heavy atom. The Hall–Kier alpha value is -1.21. The van der Waals surface area contributed by atoms with Crippen molar-refractivity contribution in [3.63, 3.8) is 0 Å². The third-order valence-corrected chi connectivity index (χ3v) is 8.27. The van der Waals surface area contributed by atoms with Crippen molar-refractivity contribution in [1.29, 1.82) is 0 Å². The first-order valence-corrected chi connectivity index (χ1v) is 12.9. The Morgan fingerprint density at radius 1 is 0.969 bits per heavy atom. The van der Waals surface area contributed by atoms with Gasteiger partial charge in [0.1, 0.15) is 0 Å². The maximum atomic E-state index is 12.5. The van der Waals surface area contributed by atoms with Gasteiger partial charge in [0.25, 0.3) is 0 Å². The van der Waals surface area contributed by atoms with Crippen LogP contribution in [-0.2, 0) is 0 Å². The second kappa shape index (κ2) is 11.3. The molecule has 1 aromatic rings. The number of nitrogens with zero attached hydrogens (tertiary/aromatic N) is 4. The van der Waals surface area contributed by atoms with Crippen LogP contribution in [0.5, 0.6) is 0 Å². The van der Waals surface area contributed by atoms with Crippen molar-refractivity contribution in [1.82, 2.24) is 20.0 Å². The van der Waals surface area contributed by atoms with Crippen LogP contribution in [0.15, 0.2) is 18.2 Å². The highest BCUT2D eigenvalue weighted by molar-refractivity contribution is 6.43. The molecule has 2 aliphatic heterocycles. The summed E-state index contributed by atoms with van der Waals surface area (Å²) in [5.41, 5.74) is 1.05. The van der Waals surface area contributed by atoms with E-state index < -0.39 is 0 Å². The minimum absolute atomic E-state index is 0.138. The molecule has 8 heteroatoms. The quantitative estimate of drug-likeness (QED) is 0.689. The topological polar surface area (TPSA) is 42.1 Å². The summed E-state index contributed by atoms with van der Waals surface area (Å²) in [6.45, 7) is 8.92. The molecule has 0 spiro atoms. The van der Waals surface area contributed by atoms with Gasteiger partial charge in [-0.15, -0.1) is 0 Å². The van der Waals surface area contributed by atoms with Crippen molar-refractivity contribution in [2.45, 2.75) is 38.1 Å². The highest BCUT2D eigenvalue weighted by Crippen LogP contribution is 2.33. The van der Waals surface area contributed by atoms with Crippen LogP contribution in [0.4, 0.5) is 10.5 Å². The van der Waals surface area contributed by atoms with E-state index in [0.29, 0.717) is 16.1 Å². The van der Waals surface area contributed by atoms with E-state index in [4.69, 9.17) is 23.2 Å². The van der Waals surface area contributed by atoms with Crippen molar-refractivity contribution >= 4 is 34.9 Å². The number of rotatable bonds is 5. The number of urea groups is 1. The van der Waals surface area contributed by atoms with Gasteiger partial charge < -0.3 is 20.0 Å². The van der Waals surface area contributed by atoms with Gasteiger partial charge >= 0.3 is 6.03 Å². The minimum atomic E-state index is 0.138. The standard InChI is InChI=1S/C24H37Cl2N5O/c1-28-11-15-31(16-12-28)24(32)27-20-7-5-19(6-8-20)9-10-29-13-17-30(18-14-29)22-4-2-3-21(25)23(22)26/h2-4,19-20H,5-18H2,1H3,(H,27,32)/t19-,20-. The third kappa shape index (κ3) is 6.22. The average Bonchev–Trinajstić information content (AvgIpc) is 2.81. The van der Waals surface area contributed by atoms with Gasteiger partial charge in [-0.3, -0.25) is 4.90 Å². The molecule has 0 aromatic heterocycles. The van der Waals surface area contributed by atoms with E-state index in [1.807, 2.05) is 17.0 Å². The van der Waals surface area contributed by atoms with Crippen LogP contribution in [0, 0.1) is 5.92 Å². The molecule has 0 atom stereocenters. The molecule has 178 valence electrons. The summed E-state index contributed by atoms with van der Waals surface area (Å²) >= 11 is 12.6. The van der Waals surface area contributed by atoms with Gasteiger partial charge in [-0.2, -0.15) is 0 Å². The maximum Gasteiger partial charge on any atom is 0.317 e. The summed E-state index contributed by atoms with van der Waals surface area (Å²) < 4.78 is 0. The van der Waals surface area contributed by atoms with Gasteiger partial charge in [-0.05, 0) is 63.7 Å². The molecule has 0 bridgehead atoms. The smallest absolute Gasteiger partial charge is 0.317 e. The Kier molecular flexibility index (Phi) is 8.43. The first-order chi connectivity index (χ1) is 15.5. The Labute approximate surface area is 202 Å². The number of likely N-dealkylation sites (N-methyl/N-ethyl adjacent to an activating group) is 1.